The second-order valence-electron chi connectivity index (χ2n) is 3.32. The lowest BCUT2D eigenvalue weighted by atomic mass is 10.0. The number of rotatable bonds is 5. The van der Waals surface area contributed by atoms with E-state index in [0.29, 0.717) is 12.8 Å². The van der Waals surface area contributed by atoms with E-state index < -0.39 is 12.3 Å². The number of hydrogen-bond donors (Lipinski definition) is 1. The number of carboxylic acid groups (broad SMARTS) is 1. The Morgan fingerprint density at radius 2 is 1.92 bits per heavy atom. The van der Waals surface area contributed by atoms with E-state index in [0.717, 1.165) is 0 Å². The van der Waals surface area contributed by atoms with Crippen LogP contribution in [0.1, 0.15) is 33.6 Å². The van der Waals surface area contributed by atoms with Crippen molar-refractivity contribution >= 4 is 11.9 Å². The van der Waals surface area contributed by atoms with Gasteiger partial charge in [0.2, 0.25) is 0 Å². The molecule has 0 aromatic rings. The first kappa shape index (κ1) is 11.9. The summed E-state index contributed by atoms with van der Waals surface area (Å²) in [7, 11) is 0. The largest absolute Gasteiger partial charge is 0.506 e. The first-order chi connectivity index (χ1) is 5.97. The first-order valence-corrected chi connectivity index (χ1v) is 4.39. The minimum atomic E-state index is -1.38. The molecule has 0 rings (SSSR count). The molecule has 0 aliphatic heterocycles. The van der Waals surface area contributed by atoms with E-state index in [1.807, 2.05) is 13.8 Å². The van der Waals surface area contributed by atoms with Crippen molar-refractivity contribution in [3.05, 3.63) is 0 Å². The molecule has 76 valence electrons. The average molecular weight is 188 g/mol. The molecule has 4 nitrogen and oxygen atoms in total. The molecule has 0 aliphatic rings. The van der Waals surface area contributed by atoms with Crippen LogP contribution < -0.4 is 0 Å². The molecule has 0 spiro atoms. The molecule has 1 atom stereocenters. The Balaban J connectivity index is 4.18. The Morgan fingerprint density at radius 3 is 2.23 bits per heavy atom. The quantitative estimate of drug-likeness (QED) is 0.671. The monoisotopic (exact) mass is 188 g/mol. The highest BCUT2D eigenvalue weighted by Gasteiger charge is 2.21. The average Bonchev–Trinajstić information content (AvgIpc) is 2.00. The minimum Gasteiger partial charge on any atom is -0.450 e. The standard InChI is InChI=1S/C9H16O4/c1-4-7(10)8(5-6(2)3)13-9(11)12/h6,8H,4-5H2,1-3H3,(H,11,12). The number of hydrogen-bond acceptors (Lipinski definition) is 3. The summed E-state index contributed by atoms with van der Waals surface area (Å²) in [5, 5.41) is 8.37. The molecule has 0 saturated heterocycles. The van der Waals surface area contributed by atoms with Crippen LogP contribution in [0.4, 0.5) is 4.79 Å². The zero-order chi connectivity index (χ0) is 10.4. The fourth-order valence-electron chi connectivity index (χ4n) is 1.02. The van der Waals surface area contributed by atoms with Crippen molar-refractivity contribution in [1.82, 2.24) is 0 Å². The van der Waals surface area contributed by atoms with Crippen LogP contribution in [-0.4, -0.2) is 23.1 Å². The lowest BCUT2D eigenvalue weighted by Crippen LogP contribution is -2.27. The normalized spacial score (nSPS) is 12.6. The molecule has 0 radical (unpaired) electrons. The van der Waals surface area contributed by atoms with Crippen molar-refractivity contribution in [3.8, 4) is 0 Å². The molecular weight excluding hydrogens is 172 g/mol. The minimum absolute atomic E-state index is 0.156. The van der Waals surface area contributed by atoms with E-state index in [-0.39, 0.29) is 11.7 Å². The fourth-order valence-corrected chi connectivity index (χ4v) is 1.02. The van der Waals surface area contributed by atoms with Crippen LogP contribution in [0.2, 0.25) is 0 Å². The van der Waals surface area contributed by atoms with E-state index in [4.69, 9.17) is 5.11 Å². The van der Waals surface area contributed by atoms with E-state index in [1.165, 1.54) is 0 Å². The van der Waals surface area contributed by atoms with Crippen molar-refractivity contribution in [2.24, 2.45) is 5.92 Å². The number of carbonyl (C=O) groups excluding carboxylic acids is 1. The Hall–Kier alpha value is -1.06. The van der Waals surface area contributed by atoms with E-state index in [2.05, 4.69) is 4.74 Å². The van der Waals surface area contributed by atoms with Gasteiger partial charge in [-0.25, -0.2) is 4.79 Å². The maximum Gasteiger partial charge on any atom is 0.506 e. The van der Waals surface area contributed by atoms with Crippen LogP contribution >= 0.6 is 0 Å². The van der Waals surface area contributed by atoms with Gasteiger partial charge in [-0.3, -0.25) is 4.79 Å². The summed E-state index contributed by atoms with van der Waals surface area (Å²) >= 11 is 0. The summed E-state index contributed by atoms with van der Waals surface area (Å²) in [4.78, 5) is 21.4. The maximum absolute atomic E-state index is 11.2. The number of carbonyl (C=O) groups is 2. The van der Waals surface area contributed by atoms with Gasteiger partial charge in [0.05, 0.1) is 0 Å². The highest BCUT2D eigenvalue weighted by atomic mass is 16.7. The second-order valence-corrected chi connectivity index (χ2v) is 3.32. The summed E-state index contributed by atoms with van der Waals surface area (Å²) < 4.78 is 4.48. The first-order valence-electron chi connectivity index (χ1n) is 4.39. The molecule has 1 unspecified atom stereocenters. The Labute approximate surface area is 77.9 Å². The summed E-state index contributed by atoms with van der Waals surface area (Å²) in [6.07, 6.45) is -1.40. The molecule has 0 amide bonds. The van der Waals surface area contributed by atoms with Crippen molar-refractivity contribution < 1.29 is 19.4 Å². The zero-order valence-electron chi connectivity index (χ0n) is 8.24. The predicted molar refractivity (Wildman–Crippen MR) is 47.7 cm³/mol. The van der Waals surface area contributed by atoms with Gasteiger partial charge in [-0.2, -0.15) is 0 Å². The summed E-state index contributed by atoms with van der Waals surface area (Å²) in [5.41, 5.74) is 0. The Morgan fingerprint density at radius 1 is 1.38 bits per heavy atom. The molecule has 0 aliphatic carbocycles. The number of Topliss-reactive ketones (excluding diaryl/α,β-unsaturated/α-hetero) is 1. The van der Waals surface area contributed by atoms with Gasteiger partial charge < -0.3 is 9.84 Å². The third kappa shape index (κ3) is 5.22. The summed E-state index contributed by atoms with van der Waals surface area (Å²) in [5.74, 6) is 0.0935. The van der Waals surface area contributed by atoms with Crippen molar-refractivity contribution in [2.75, 3.05) is 0 Å². The number of ketones is 1. The van der Waals surface area contributed by atoms with E-state index in [1.54, 1.807) is 6.92 Å². The third-order valence-corrected chi connectivity index (χ3v) is 1.64. The summed E-state index contributed by atoms with van der Waals surface area (Å²) in [6, 6.07) is 0. The molecular formula is C9H16O4. The van der Waals surface area contributed by atoms with Gasteiger partial charge in [0.15, 0.2) is 11.9 Å². The predicted octanol–water partition coefficient (Wildman–Crippen LogP) is 2.07. The van der Waals surface area contributed by atoms with E-state index in [9.17, 15) is 9.59 Å². The molecule has 13 heavy (non-hydrogen) atoms. The lowest BCUT2D eigenvalue weighted by Gasteiger charge is -2.15. The molecule has 4 heteroatoms. The summed E-state index contributed by atoms with van der Waals surface area (Å²) in [6.45, 7) is 5.53. The SMILES string of the molecule is CCC(=O)C(CC(C)C)OC(=O)O. The van der Waals surface area contributed by atoms with Crippen LogP contribution in [0.15, 0.2) is 0 Å². The zero-order valence-corrected chi connectivity index (χ0v) is 8.24. The molecule has 0 fully saturated rings. The van der Waals surface area contributed by atoms with Crippen LogP contribution in [0, 0.1) is 5.92 Å². The number of ether oxygens (including phenoxy) is 1. The topological polar surface area (TPSA) is 63.6 Å². The van der Waals surface area contributed by atoms with Crippen LogP contribution in [0.3, 0.4) is 0 Å². The van der Waals surface area contributed by atoms with Gasteiger partial charge in [-0.05, 0) is 12.3 Å². The fraction of sp³-hybridized carbons (Fsp3) is 0.778. The maximum atomic E-state index is 11.2. The van der Waals surface area contributed by atoms with E-state index >= 15 is 0 Å². The third-order valence-electron chi connectivity index (χ3n) is 1.64. The van der Waals surface area contributed by atoms with Gasteiger partial charge in [0, 0.05) is 6.42 Å². The van der Waals surface area contributed by atoms with Crippen LogP contribution in [-0.2, 0) is 9.53 Å². The molecule has 1 N–H and O–H groups in total. The van der Waals surface area contributed by atoms with Crippen molar-refractivity contribution in [1.29, 1.82) is 0 Å². The lowest BCUT2D eigenvalue weighted by molar-refractivity contribution is -0.128. The van der Waals surface area contributed by atoms with Gasteiger partial charge in [0.25, 0.3) is 0 Å². The van der Waals surface area contributed by atoms with Crippen molar-refractivity contribution in [3.63, 3.8) is 0 Å². The van der Waals surface area contributed by atoms with Crippen LogP contribution in [0.25, 0.3) is 0 Å². The molecule has 0 heterocycles. The molecule has 0 aromatic heterocycles. The second kappa shape index (κ2) is 5.56. The highest BCUT2D eigenvalue weighted by molar-refractivity contribution is 5.84. The van der Waals surface area contributed by atoms with Gasteiger partial charge in [-0.15, -0.1) is 0 Å². The highest BCUT2D eigenvalue weighted by Crippen LogP contribution is 2.10. The Bertz CT molecular complexity index is 186. The molecule has 0 aromatic carbocycles. The van der Waals surface area contributed by atoms with Crippen molar-refractivity contribution in [2.45, 2.75) is 39.7 Å². The molecule has 0 saturated carbocycles. The van der Waals surface area contributed by atoms with Gasteiger partial charge >= 0.3 is 6.16 Å². The smallest absolute Gasteiger partial charge is 0.450 e. The molecule has 0 bridgehead atoms. The van der Waals surface area contributed by atoms with Gasteiger partial charge in [0.1, 0.15) is 0 Å². The van der Waals surface area contributed by atoms with Crippen LogP contribution in [0.5, 0.6) is 0 Å². The Kier molecular flexibility index (Phi) is 5.11. The van der Waals surface area contributed by atoms with Gasteiger partial charge in [-0.1, -0.05) is 20.8 Å².